The molecular formula is C12H18N2O3. The minimum Gasteiger partial charge on any atom is -0.396 e. The minimum atomic E-state index is -0.407. The number of aryl methyl sites for hydroxylation is 1. The van der Waals surface area contributed by atoms with Gasteiger partial charge in [0.25, 0.3) is 5.69 Å². The molecule has 0 aliphatic heterocycles. The molecule has 0 bridgehead atoms. The third-order valence-electron chi connectivity index (χ3n) is 2.47. The molecule has 0 atom stereocenters. The summed E-state index contributed by atoms with van der Waals surface area (Å²) < 4.78 is 0. The number of anilines is 1. The van der Waals surface area contributed by atoms with Gasteiger partial charge in [0.1, 0.15) is 0 Å². The number of aliphatic hydroxyl groups excluding tert-OH is 1. The molecule has 0 aliphatic carbocycles. The highest BCUT2D eigenvalue weighted by molar-refractivity contribution is 5.53. The highest BCUT2D eigenvalue weighted by atomic mass is 16.6. The molecule has 1 rings (SSSR count). The first-order valence-corrected chi connectivity index (χ1v) is 5.45. The number of nitrogens with zero attached hydrogens (tertiary/aromatic N) is 1. The SMILES string of the molecule is Cc1cc(NCC(C)(C)CO)cc([N+](=O)[O-])c1. The van der Waals surface area contributed by atoms with Crippen molar-refractivity contribution >= 4 is 11.4 Å². The molecule has 5 heteroatoms. The maximum atomic E-state index is 10.7. The number of rotatable bonds is 5. The molecular weight excluding hydrogens is 220 g/mol. The van der Waals surface area contributed by atoms with Crippen LogP contribution in [-0.2, 0) is 0 Å². The lowest BCUT2D eigenvalue weighted by Gasteiger charge is -2.22. The summed E-state index contributed by atoms with van der Waals surface area (Å²) in [5, 5.41) is 22.9. The molecule has 0 fully saturated rings. The summed E-state index contributed by atoms with van der Waals surface area (Å²) in [6.07, 6.45) is 0. The normalized spacial score (nSPS) is 11.3. The highest BCUT2D eigenvalue weighted by Crippen LogP contribution is 2.22. The summed E-state index contributed by atoms with van der Waals surface area (Å²) in [4.78, 5) is 10.3. The van der Waals surface area contributed by atoms with Crippen LogP contribution in [0.15, 0.2) is 18.2 Å². The maximum absolute atomic E-state index is 10.7. The predicted octanol–water partition coefficient (Wildman–Crippen LogP) is 2.33. The summed E-state index contributed by atoms with van der Waals surface area (Å²) in [5.41, 5.74) is 1.37. The summed E-state index contributed by atoms with van der Waals surface area (Å²) in [6.45, 7) is 6.28. The minimum absolute atomic E-state index is 0.0634. The second-order valence-corrected chi connectivity index (χ2v) is 4.99. The van der Waals surface area contributed by atoms with Gasteiger partial charge in [-0.15, -0.1) is 0 Å². The van der Waals surface area contributed by atoms with Crippen LogP contribution < -0.4 is 5.32 Å². The Bertz CT molecular complexity index is 416. The van der Waals surface area contributed by atoms with Crippen molar-refractivity contribution in [3.8, 4) is 0 Å². The molecule has 0 aliphatic rings. The zero-order chi connectivity index (χ0) is 13.1. The van der Waals surface area contributed by atoms with Crippen LogP contribution in [0, 0.1) is 22.5 Å². The van der Waals surface area contributed by atoms with Gasteiger partial charge >= 0.3 is 0 Å². The first-order valence-electron chi connectivity index (χ1n) is 5.45. The van der Waals surface area contributed by atoms with Crippen molar-refractivity contribution in [1.82, 2.24) is 0 Å². The number of hydrogen-bond donors (Lipinski definition) is 2. The van der Waals surface area contributed by atoms with Gasteiger partial charge in [-0.2, -0.15) is 0 Å². The molecule has 0 heterocycles. The van der Waals surface area contributed by atoms with Crippen molar-refractivity contribution < 1.29 is 10.0 Å². The smallest absolute Gasteiger partial charge is 0.271 e. The summed E-state index contributed by atoms with van der Waals surface area (Å²) in [5.74, 6) is 0. The molecule has 1 aromatic rings. The average Bonchev–Trinajstić information content (AvgIpc) is 2.26. The third kappa shape index (κ3) is 4.03. The van der Waals surface area contributed by atoms with Crippen molar-refractivity contribution in [2.45, 2.75) is 20.8 Å². The van der Waals surface area contributed by atoms with Crippen molar-refractivity contribution in [2.24, 2.45) is 5.41 Å². The summed E-state index contributed by atoms with van der Waals surface area (Å²) in [6, 6.07) is 4.88. The van der Waals surface area contributed by atoms with E-state index >= 15 is 0 Å². The number of benzene rings is 1. The fourth-order valence-electron chi connectivity index (χ4n) is 1.37. The number of aliphatic hydroxyl groups is 1. The molecule has 2 N–H and O–H groups in total. The maximum Gasteiger partial charge on any atom is 0.271 e. The lowest BCUT2D eigenvalue weighted by molar-refractivity contribution is -0.384. The number of non-ortho nitro benzene ring substituents is 1. The molecule has 17 heavy (non-hydrogen) atoms. The van der Waals surface area contributed by atoms with Crippen LogP contribution in [-0.4, -0.2) is 23.2 Å². The number of nitro benzene ring substituents is 1. The molecule has 0 spiro atoms. The Hall–Kier alpha value is -1.62. The van der Waals surface area contributed by atoms with Gasteiger partial charge in [0, 0.05) is 36.4 Å². The van der Waals surface area contributed by atoms with Crippen LogP contribution in [0.25, 0.3) is 0 Å². The predicted molar refractivity (Wildman–Crippen MR) is 67.2 cm³/mol. The van der Waals surface area contributed by atoms with E-state index in [1.807, 2.05) is 26.8 Å². The van der Waals surface area contributed by atoms with Gasteiger partial charge in [-0.05, 0) is 18.6 Å². The van der Waals surface area contributed by atoms with Crippen molar-refractivity contribution in [3.63, 3.8) is 0 Å². The van der Waals surface area contributed by atoms with Crippen molar-refractivity contribution in [2.75, 3.05) is 18.5 Å². The molecule has 94 valence electrons. The Morgan fingerprint density at radius 2 is 2.06 bits per heavy atom. The quantitative estimate of drug-likeness (QED) is 0.609. The van der Waals surface area contributed by atoms with Gasteiger partial charge in [-0.3, -0.25) is 10.1 Å². The average molecular weight is 238 g/mol. The van der Waals surface area contributed by atoms with Gasteiger partial charge in [0.05, 0.1) is 4.92 Å². The highest BCUT2D eigenvalue weighted by Gasteiger charge is 2.16. The van der Waals surface area contributed by atoms with E-state index in [0.29, 0.717) is 12.2 Å². The Morgan fingerprint density at radius 1 is 1.41 bits per heavy atom. The van der Waals surface area contributed by atoms with E-state index in [-0.39, 0.29) is 17.7 Å². The Labute approximate surface area is 101 Å². The Balaban J connectivity index is 2.81. The summed E-state index contributed by atoms with van der Waals surface area (Å²) >= 11 is 0. The molecule has 0 saturated heterocycles. The van der Waals surface area contributed by atoms with Crippen LogP contribution >= 0.6 is 0 Å². The fourth-order valence-corrected chi connectivity index (χ4v) is 1.37. The van der Waals surface area contributed by atoms with Crippen LogP contribution in [0.1, 0.15) is 19.4 Å². The molecule has 0 unspecified atom stereocenters. The molecule has 0 amide bonds. The van der Waals surface area contributed by atoms with Gasteiger partial charge in [-0.1, -0.05) is 13.8 Å². The fraction of sp³-hybridized carbons (Fsp3) is 0.500. The van der Waals surface area contributed by atoms with E-state index < -0.39 is 4.92 Å². The molecule has 0 saturated carbocycles. The largest absolute Gasteiger partial charge is 0.396 e. The first kappa shape index (κ1) is 13.4. The zero-order valence-corrected chi connectivity index (χ0v) is 10.4. The number of hydrogen-bond acceptors (Lipinski definition) is 4. The zero-order valence-electron chi connectivity index (χ0n) is 10.4. The van der Waals surface area contributed by atoms with Crippen LogP contribution in [0.5, 0.6) is 0 Å². The standard InChI is InChI=1S/C12H18N2O3/c1-9-4-10(6-11(5-9)14(16)17)13-7-12(2,3)8-15/h4-6,13,15H,7-8H2,1-3H3. The van der Waals surface area contributed by atoms with Crippen molar-refractivity contribution in [1.29, 1.82) is 0 Å². The Kier molecular flexibility index (Phi) is 4.07. The number of nitrogens with one attached hydrogen (secondary N) is 1. The van der Waals surface area contributed by atoms with E-state index in [1.165, 1.54) is 12.1 Å². The lowest BCUT2D eigenvalue weighted by atomic mass is 9.95. The summed E-state index contributed by atoms with van der Waals surface area (Å²) in [7, 11) is 0. The lowest BCUT2D eigenvalue weighted by Crippen LogP contribution is -2.26. The van der Waals surface area contributed by atoms with E-state index in [4.69, 9.17) is 5.11 Å². The van der Waals surface area contributed by atoms with Crippen LogP contribution in [0.4, 0.5) is 11.4 Å². The van der Waals surface area contributed by atoms with Gasteiger partial charge in [0.15, 0.2) is 0 Å². The van der Waals surface area contributed by atoms with E-state index in [0.717, 1.165) is 5.56 Å². The molecule has 0 radical (unpaired) electrons. The first-order chi connectivity index (χ1) is 7.84. The monoisotopic (exact) mass is 238 g/mol. The third-order valence-corrected chi connectivity index (χ3v) is 2.47. The van der Waals surface area contributed by atoms with E-state index in [9.17, 15) is 10.1 Å². The molecule has 5 nitrogen and oxygen atoms in total. The topological polar surface area (TPSA) is 75.4 Å². The van der Waals surface area contributed by atoms with Crippen molar-refractivity contribution in [3.05, 3.63) is 33.9 Å². The molecule has 1 aromatic carbocycles. The van der Waals surface area contributed by atoms with Crippen LogP contribution in [0.2, 0.25) is 0 Å². The second kappa shape index (κ2) is 5.14. The van der Waals surface area contributed by atoms with E-state index in [2.05, 4.69) is 5.32 Å². The van der Waals surface area contributed by atoms with Gasteiger partial charge in [-0.25, -0.2) is 0 Å². The second-order valence-electron chi connectivity index (χ2n) is 4.99. The van der Waals surface area contributed by atoms with Gasteiger partial charge in [0.2, 0.25) is 0 Å². The van der Waals surface area contributed by atoms with Gasteiger partial charge < -0.3 is 10.4 Å². The Morgan fingerprint density at radius 3 is 2.59 bits per heavy atom. The van der Waals surface area contributed by atoms with E-state index in [1.54, 1.807) is 0 Å². The van der Waals surface area contributed by atoms with Crippen LogP contribution in [0.3, 0.4) is 0 Å². The molecule has 0 aromatic heterocycles. The number of nitro groups is 1.